The second-order valence-electron chi connectivity index (χ2n) is 7.06. The van der Waals surface area contributed by atoms with Crippen molar-refractivity contribution in [3.63, 3.8) is 0 Å². The molecule has 148 valence electrons. The van der Waals surface area contributed by atoms with Gasteiger partial charge in [0.1, 0.15) is 6.10 Å². The lowest BCUT2D eigenvalue weighted by atomic mass is 10.0. The summed E-state index contributed by atoms with van der Waals surface area (Å²) in [7, 11) is 0. The van der Waals surface area contributed by atoms with Crippen molar-refractivity contribution in [3.05, 3.63) is 33.6 Å². The van der Waals surface area contributed by atoms with Crippen LogP contribution in [0.15, 0.2) is 17.2 Å². The maximum Gasteiger partial charge on any atom is 0.221 e. The summed E-state index contributed by atoms with van der Waals surface area (Å²) in [6, 6.07) is 4.03. The fourth-order valence-electron chi connectivity index (χ4n) is 3.82. The van der Waals surface area contributed by atoms with Gasteiger partial charge in [0.05, 0.1) is 24.0 Å². The number of ether oxygens (including phenoxy) is 2. The van der Waals surface area contributed by atoms with E-state index in [2.05, 4.69) is 40.0 Å². The topological polar surface area (TPSA) is 105 Å². The predicted octanol–water partition coefficient (Wildman–Crippen LogP) is 1.60. The van der Waals surface area contributed by atoms with Gasteiger partial charge in [-0.05, 0) is 66.8 Å². The van der Waals surface area contributed by atoms with Gasteiger partial charge in [-0.25, -0.2) is 4.68 Å². The number of tetrazole rings is 1. The van der Waals surface area contributed by atoms with Gasteiger partial charge in [-0.2, -0.15) is 9.78 Å². The average molecular weight is 420 g/mol. The second-order valence-corrected chi connectivity index (χ2v) is 7.86. The van der Waals surface area contributed by atoms with Crippen LogP contribution in [0.5, 0.6) is 0 Å². The summed E-state index contributed by atoms with van der Waals surface area (Å²) in [5.41, 5.74) is 13.0. The molecule has 2 aromatic rings. The molecule has 2 aliphatic heterocycles. The van der Waals surface area contributed by atoms with Crippen molar-refractivity contribution in [2.75, 3.05) is 6.61 Å². The lowest BCUT2D eigenvalue weighted by Crippen LogP contribution is -2.39. The Morgan fingerprint density at radius 2 is 2.00 bits per heavy atom. The highest BCUT2D eigenvalue weighted by Gasteiger charge is 2.44. The molecule has 1 aromatic heterocycles. The molecule has 4 rings (SSSR count). The number of aromatic nitrogens is 4. The van der Waals surface area contributed by atoms with E-state index in [1.807, 2.05) is 13.8 Å². The minimum absolute atomic E-state index is 0.0806. The third kappa shape index (κ3) is 3.34. The largest absolute Gasteiger partial charge is 0.375 e. The number of hydrogen-bond acceptors (Lipinski definition) is 7. The highest BCUT2D eigenvalue weighted by molar-refractivity contribution is 7.80. The summed E-state index contributed by atoms with van der Waals surface area (Å²) in [4.78, 5) is 0. The third-order valence-electron chi connectivity index (χ3n) is 4.90. The molecule has 3 atom stereocenters. The van der Waals surface area contributed by atoms with Gasteiger partial charge in [-0.1, -0.05) is 17.7 Å². The molecule has 1 aromatic carbocycles. The van der Waals surface area contributed by atoms with Crippen LogP contribution in [-0.2, 0) is 9.47 Å². The summed E-state index contributed by atoms with van der Waals surface area (Å²) >= 11 is 10.5. The molecule has 0 aliphatic carbocycles. The van der Waals surface area contributed by atoms with Crippen molar-refractivity contribution < 1.29 is 9.47 Å². The van der Waals surface area contributed by atoms with Crippen LogP contribution < -0.4 is 11.2 Å². The van der Waals surface area contributed by atoms with Crippen LogP contribution in [0, 0.1) is 25.5 Å². The highest BCUT2D eigenvalue weighted by atomic mass is 32.1. The van der Waals surface area contributed by atoms with Crippen molar-refractivity contribution >= 4 is 35.3 Å². The second kappa shape index (κ2) is 7.32. The van der Waals surface area contributed by atoms with Gasteiger partial charge in [-0.15, -0.1) is 0 Å². The number of thiocarbonyl (C=S) groups is 1. The molecule has 11 heteroatoms. The zero-order valence-corrected chi connectivity index (χ0v) is 17.4. The molecule has 0 amide bonds. The number of nitrogens with zero attached hydrogens (tertiary/aromatic N) is 5. The van der Waals surface area contributed by atoms with E-state index in [0.29, 0.717) is 23.5 Å². The van der Waals surface area contributed by atoms with Crippen molar-refractivity contribution in [2.45, 2.75) is 45.6 Å². The summed E-state index contributed by atoms with van der Waals surface area (Å²) in [5, 5.41) is 13.0. The first-order valence-corrected chi connectivity index (χ1v) is 9.68. The van der Waals surface area contributed by atoms with Crippen molar-refractivity contribution in [1.82, 2.24) is 25.2 Å². The van der Waals surface area contributed by atoms with E-state index in [1.54, 1.807) is 9.36 Å². The Bertz CT molecular complexity index is 1010. The Balaban J connectivity index is 1.71. The Kier molecular flexibility index (Phi) is 5.00. The van der Waals surface area contributed by atoms with E-state index >= 15 is 0 Å². The van der Waals surface area contributed by atoms with Crippen molar-refractivity contribution in [1.29, 1.82) is 0 Å². The monoisotopic (exact) mass is 419 g/mol. The van der Waals surface area contributed by atoms with E-state index < -0.39 is 6.29 Å². The molecule has 3 heterocycles. The molecule has 0 saturated carbocycles. The van der Waals surface area contributed by atoms with E-state index in [-0.39, 0.29) is 17.3 Å². The first kappa shape index (κ1) is 19.1. The Morgan fingerprint density at radius 3 is 2.68 bits per heavy atom. The molecule has 2 bridgehead atoms. The van der Waals surface area contributed by atoms with Gasteiger partial charge in [0, 0.05) is 6.42 Å². The summed E-state index contributed by atoms with van der Waals surface area (Å²) in [6.45, 7) is 6.58. The zero-order chi connectivity index (χ0) is 20.0. The van der Waals surface area contributed by atoms with E-state index in [4.69, 9.17) is 39.6 Å². The SMILES string of the molecule is Cc1cc(C)c(-n2nnn(C3CC(=NNC(N)=S)C4OCC3O4)c2=S)c(C)c1. The predicted molar refractivity (Wildman–Crippen MR) is 110 cm³/mol. The number of hydrazone groups is 1. The number of nitrogens with one attached hydrogen (secondary N) is 1. The quantitative estimate of drug-likeness (QED) is 0.571. The number of benzene rings is 1. The van der Waals surface area contributed by atoms with Gasteiger partial charge in [0.2, 0.25) is 4.77 Å². The average Bonchev–Trinajstić information content (AvgIpc) is 3.19. The van der Waals surface area contributed by atoms with Gasteiger partial charge < -0.3 is 15.2 Å². The maximum atomic E-state index is 5.92. The molecular formula is C17H21N7O2S2. The number of rotatable bonds is 3. The first-order chi connectivity index (χ1) is 13.3. The molecule has 2 saturated heterocycles. The lowest BCUT2D eigenvalue weighted by molar-refractivity contribution is -0.0324. The van der Waals surface area contributed by atoms with Crippen molar-refractivity contribution in [2.24, 2.45) is 10.8 Å². The lowest BCUT2D eigenvalue weighted by Gasteiger charge is -2.27. The number of hydrogen-bond donors (Lipinski definition) is 2. The maximum absolute atomic E-state index is 5.92. The number of nitrogens with two attached hydrogens (primary N) is 1. The molecule has 9 nitrogen and oxygen atoms in total. The van der Waals surface area contributed by atoms with Crippen molar-refractivity contribution in [3.8, 4) is 5.69 Å². The zero-order valence-electron chi connectivity index (χ0n) is 15.7. The van der Waals surface area contributed by atoms with Crippen LogP contribution in [0.25, 0.3) is 5.69 Å². The molecule has 2 aliphatic rings. The minimum atomic E-state index is -0.506. The molecule has 0 radical (unpaired) electrons. The third-order valence-corrected chi connectivity index (χ3v) is 5.36. The Morgan fingerprint density at radius 1 is 1.29 bits per heavy atom. The fourth-order valence-corrected chi connectivity index (χ4v) is 4.16. The molecule has 3 N–H and O–H groups in total. The fraction of sp³-hybridized carbons (Fsp3) is 0.471. The standard InChI is InChI=1S/C17H21N7O2S2/c1-8-4-9(2)14(10(3)5-8)24-17(28)23(21-22-24)12-6-11(19-20-16(18)27)15-25-7-13(12)26-15/h4-5,12-13,15H,6-7H2,1-3H3,(H3,18,20,27). The molecule has 2 fully saturated rings. The van der Waals surface area contributed by atoms with Crippen LogP contribution in [0.3, 0.4) is 0 Å². The van der Waals surface area contributed by atoms with Gasteiger partial charge in [-0.3, -0.25) is 5.43 Å². The van der Waals surface area contributed by atoms with E-state index in [1.165, 1.54) is 5.56 Å². The summed E-state index contributed by atoms with van der Waals surface area (Å²) in [6.07, 6.45) is -0.135. The van der Waals surface area contributed by atoms with E-state index in [9.17, 15) is 0 Å². The van der Waals surface area contributed by atoms with Crippen LogP contribution >= 0.6 is 24.4 Å². The van der Waals surface area contributed by atoms with Gasteiger partial charge in [0.15, 0.2) is 11.4 Å². The molecular weight excluding hydrogens is 398 g/mol. The van der Waals surface area contributed by atoms with Crippen LogP contribution in [0.2, 0.25) is 0 Å². The first-order valence-electron chi connectivity index (χ1n) is 8.87. The van der Waals surface area contributed by atoms with E-state index in [0.717, 1.165) is 16.8 Å². The molecule has 0 spiro atoms. The Hall–Kier alpha value is -2.21. The van der Waals surface area contributed by atoms with Crippen LogP contribution in [0.1, 0.15) is 29.2 Å². The number of fused-ring (bicyclic) bond motifs is 2. The highest BCUT2D eigenvalue weighted by Crippen LogP contribution is 2.33. The number of aryl methyl sites for hydroxylation is 3. The normalized spacial score (nSPS) is 25.2. The Labute approximate surface area is 172 Å². The molecule has 3 unspecified atom stereocenters. The molecule has 28 heavy (non-hydrogen) atoms. The van der Waals surface area contributed by atoms with Gasteiger partial charge in [0.25, 0.3) is 0 Å². The summed E-state index contributed by atoms with van der Waals surface area (Å²) in [5.74, 6) is 0. The van der Waals surface area contributed by atoms with Crippen LogP contribution in [0.4, 0.5) is 0 Å². The van der Waals surface area contributed by atoms with Crippen LogP contribution in [-0.4, -0.2) is 49.6 Å². The van der Waals surface area contributed by atoms with Gasteiger partial charge >= 0.3 is 0 Å². The summed E-state index contributed by atoms with van der Waals surface area (Å²) < 4.78 is 15.5. The minimum Gasteiger partial charge on any atom is -0.375 e. The smallest absolute Gasteiger partial charge is 0.221 e.